The monoisotopic (exact) mass is 386 g/mol. The summed E-state index contributed by atoms with van der Waals surface area (Å²) in [5.41, 5.74) is 2.75. The second-order valence-electron chi connectivity index (χ2n) is 6.71. The fourth-order valence-corrected chi connectivity index (χ4v) is 3.04. The number of aromatic nitrogens is 1. The van der Waals surface area contributed by atoms with Gasteiger partial charge in [0.15, 0.2) is 5.69 Å². The summed E-state index contributed by atoms with van der Waals surface area (Å²) >= 11 is 0. The van der Waals surface area contributed by atoms with Gasteiger partial charge >= 0.3 is 0 Å². The van der Waals surface area contributed by atoms with Crippen LogP contribution in [0.1, 0.15) is 30.9 Å². The molecule has 0 aliphatic carbocycles. The van der Waals surface area contributed by atoms with E-state index in [0.717, 1.165) is 17.5 Å². The Kier molecular flexibility index (Phi) is 6.20. The molecule has 0 spiro atoms. The van der Waals surface area contributed by atoms with Gasteiger partial charge in [-0.25, -0.2) is 0 Å². The number of nitriles is 1. The Hall–Kier alpha value is -3.72. The van der Waals surface area contributed by atoms with E-state index in [-0.39, 0.29) is 17.1 Å². The van der Waals surface area contributed by atoms with Crippen LogP contribution in [0.3, 0.4) is 0 Å². The van der Waals surface area contributed by atoms with Crippen LogP contribution in [0.4, 0.5) is 11.4 Å². The zero-order chi connectivity index (χ0) is 20.8. The fraction of sp³-hybridized carbons (Fsp3) is 0.217. The van der Waals surface area contributed by atoms with Crippen LogP contribution in [0.2, 0.25) is 0 Å². The summed E-state index contributed by atoms with van der Waals surface area (Å²) < 4.78 is 1.20. The Bertz CT molecular complexity index is 1120. The van der Waals surface area contributed by atoms with Gasteiger partial charge < -0.3 is 5.11 Å². The molecule has 0 bridgehead atoms. The number of unbranched alkanes of at least 4 members (excludes halogenated alkanes) is 1. The van der Waals surface area contributed by atoms with Gasteiger partial charge in [-0.3, -0.25) is 9.36 Å². The zero-order valence-electron chi connectivity index (χ0n) is 16.5. The minimum Gasteiger partial charge on any atom is -0.493 e. The van der Waals surface area contributed by atoms with E-state index in [1.54, 1.807) is 6.92 Å². The molecule has 0 aliphatic heterocycles. The molecule has 0 saturated carbocycles. The Morgan fingerprint density at radius 2 is 1.69 bits per heavy atom. The van der Waals surface area contributed by atoms with Crippen molar-refractivity contribution in [3.63, 3.8) is 0 Å². The van der Waals surface area contributed by atoms with E-state index in [1.165, 1.54) is 4.57 Å². The van der Waals surface area contributed by atoms with Crippen LogP contribution < -0.4 is 5.56 Å². The molecule has 0 radical (unpaired) electrons. The maximum absolute atomic E-state index is 12.8. The lowest BCUT2D eigenvalue weighted by Gasteiger charge is -2.12. The molecular formula is C23H22N4O2. The van der Waals surface area contributed by atoms with E-state index in [4.69, 9.17) is 0 Å². The van der Waals surface area contributed by atoms with E-state index >= 15 is 0 Å². The van der Waals surface area contributed by atoms with E-state index in [1.807, 2.05) is 67.6 Å². The van der Waals surface area contributed by atoms with Crippen LogP contribution in [0.15, 0.2) is 69.6 Å². The van der Waals surface area contributed by atoms with Crippen molar-refractivity contribution < 1.29 is 5.11 Å². The predicted octanol–water partition coefficient (Wildman–Crippen LogP) is 5.62. The summed E-state index contributed by atoms with van der Waals surface area (Å²) in [4.78, 5) is 12.8. The van der Waals surface area contributed by atoms with Gasteiger partial charge in [-0.1, -0.05) is 55.8 Å². The van der Waals surface area contributed by atoms with E-state index < -0.39 is 5.56 Å². The van der Waals surface area contributed by atoms with Crippen molar-refractivity contribution in [2.45, 2.75) is 33.2 Å². The molecule has 0 atom stereocenters. The Balaban J connectivity index is 1.96. The van der Waals surface area contributed by atoms with Crippen molar-refractivity contribution in [1.29, 1.82) is 5.26 Å². The molecule has 3 aromatic rings. The van der Waals surface area contributed by atoms with Crippen molar-refractivity contribution in [2.75, 3.05) is 0 Å². The first-order chi connectivity index (χ1) is 14.1. The molecule has 0 saturated heterocycles. The second-order valence-corrected chi connectivity index (χ2v) is 6.71. The molecule has 0 amide bonds. The highest BCUT2D eigenvalue weighted by atomic mass is 16.3. The summed E-state index contributed by atoms with van der Waals surface area (Å²) in [5, 5.41) is 28.0. The van der Waals surface area contributed by atoms with Gasteiger partial charge in [-0.15, -0.1) is 5.11 Å². The van der Waals surface area contributed by atoms with Gasteiger partial charge in [0.2, 0.25) is 5.88 Å². The second kappa shape index (κ2) is 8.98. The Morgan fingerprint density at radius 1 is 1.03 bits per heavy atom. The summed E-state index contributed by atoms with van der Waals surface area (Å²) in [7, 11) is 0. The van der Waals surface area contributed by atoms with E-state index in [2.05, 4.69) is 10.2 Å². The third kappa shape index (κ3) is 4.25. The number of pyridine rings is 1. The summed E-state index contributed by atoms with van der Waals surface area (Å²) in [6.45, 7) is 3.91. The average Bonchev–Trinajstić information content (AvgIpc) is 2.75. The molecular weight excluding hydrogens is 364 g/mol. The smallest absolute Gasteiger partial charge is 0.281 e. The number of benzene rings is 2. The number of aromatic hydroxyl groups is 1. The molecule has 146 valence electrons. The molecule has 6 nitrogen and oxygen atoms in total. The number of nitrogens with zero attached hydrogens (tertiary/aromatic N) is 4. The summed E-state index contributed by atoms with van der Waals surface area (Å²) in [6.07, 6.45) is 1.56. The first kappa shape index (κ1) is 20.0. The maximum Gasteiger partial charge on any atom is 0.281 e. The first-order valence-corrected chi connectivity index (χ1v) is 9.50. The van der Waals surface area contributed by atoms with Gasteiger partial charge in [0, 0.05) is 12.1 Å². The zero-order valence-corrected chi connectivity index (χ0v) is 16.5. The third-order valence-corrected chi connectivity index (χ3v) is 4.74. The number of rotatable bonds is 6. The van der Waals surface area contributed by atoms with Gasteiger partial charge in [-0.05, 0) is 36.6 Å². The number of azo groups is 1. The first-order valence-electron chi connectivity index (χ1n) is 9.50. The van der Waals surface area contributed by atoms with E-state index in [0.29, 0.717) is 24.2 Å². The van der Waals surface area contributed by atoms with Crippen LogP contribution in [-0.4, -0.2) is 9.67 Å². The molecule has 1 heterocycles. The number of hydrogen-bond acceptors (Lipinski definition) is 5. The minimum atomic E-state index is -0.447. The lowest BCUT2D eigenvalue weighted by molar-refractivity contribution is 0.399. The highest BCUT2D eigenvalue weighted by Crippen LogP contribution is 2.28. The van der Waals surface area contributed by atoms with Gasteiger partial charge in [-0.2, -0.15) is 10.4 Å². The maximum atomic E-state index is 12.8. The van der Waals surface area contributed by atoms with Crippen LogP contribution in [0.25, 0.3) is 11.1 Å². The molecule has 2 aromatic carbocycles. The van der Waals surface area contributed by atoms with Crippen molar-refractivity contribution in [1.82, 2.24) is 4.57 Å². The lowest BCUT2D eigenvalue weighted by atomic mass is 10.1. The molecule has 29 heavy (non-hydrogen) atoms. The van der Waals surface area contributed by atoms with Crippen LogP contribution in [-0.2, 0) is 6.54 Å². The van der Waals surface area contributed by atoms with Gasteiger partial charge in [0.1, 0.15) is 11.6 Å². The summed E-state index contributed by atoms with van der Waals surface area (Å²) in [6, 6.07) is 19.5. The topological polar surface area (TPSA) is 90.7 Å². The minimum absolute atomic E-state index is 0.0501. The van der Waals surface area contributed by atoms with Crippen molar-refractivity contribution in [3.05, 3.63) is 76.1 Å². The van der Waals surface area contributed by atoms with Crippen molar-refractivity contribution >= 4 is 11.4 Å². The third-order valence-electron chi connectivity index (χ3n) is 4.74. The molecule has 1 aromatic heterocycles. The SMILES string of the molecule is CCCCn1c(O)c(C#N)c(C)c(N=Nc2ccc(-c3ccccc3)cc2)c1=O. The fourth-order valence-electron chi connectivity index (χ4n) is 3.04. The standard InChI is InChI=1S/C23H22N4O2/c1-3-4-14-27-22(28)20(15-24)16(2)21(23(27)29)26-25-19-12-10-18(11-13-19)17-8-6-5-7-9-17/h5-13,28H,3-4,14H2,1-2H3. The molecule has 0 unspecified atom stereocenters. The highest BCUT2D eigenvalue weighted by molar-refractivity contribution is 5.65. The largest absolute Gasteiger partial charge is 0.493 e. The highest BCUT2D eigenvalue weighted by Gasteiger charge is 2.18. The Morgan fingerprint density at radius 3 is 2.31 bits per heavy atom. The van der Waals surface area contributed by atoms with Crippen molar-refractivity contribution in [2.24, 2.45) is 10.2 Å². The van der Waals surface area contributed by atoms with Crippen LogP contribution in [0, 0.1) is 18.3 Å². The quantitative estimate of drug-likeness (QED) is 0.558. The molecule has 6 heteroatoms. The van der Waals surface area contributed by atoms with Crippen LogP contribution in [0.5, 0.6) is 5.88 Å². The number of hydrogen-bond donors (Lipinski definition) is 1. The van der Waals surface area contributed by atoms with Gasteiger partial charge in [0.25, 0.3) is 5.56 Å². The average molecular weight is 386 g/mol. The molecule has 1 N–H and O–H groups in total. The Labute approximate surface area is 169 Å². The molecule has 0 fully saturated rings. The van der Waals surface area contributed by atoms with Crippen LogP contribution >= 0.6 is 0 Å². The molecule has 3 rings (SSSR count). The predicted molar refractivity (Wildman–Crippen MR) is 113 cm³/mol. The summed E-state index contributed by atoms with van der Waals surface area (Å²) in [5.74, 6) is -0.311. The van der Waals surface area contributed by atoms with E-state index in [9.17, 15) is 15.2 Å². The van der Waals surface area contributed by atoms with Gasteiger partial charge in [0.05, 0.1) is 5.69 Å². The molecule has 0 aliphatic rings. The van der Waals surface area contributed by atoms with Crippen molar-refractivity contribution in [3.8, 4) is 23.1 Å². The lowest BCUT2D eigenvalue weighted by Crippen LogP contribution is -2.22. The normalized spacial score (nSPS) is 10.9.